The van der Waals surface area contributed by atoms with Crippen molar-refractivity contribution in [2.24, 2.45) is 0 Å². The summed E-state index contributed by atoms with van der Waals surface area (Å²) in [6, 6.07) is 14.7. The molecule has 0 fully saturated rings. The van der Waals surface area contributed by atoms with Gasteiger partial charge < -0.3 is 15.6 Å². The third-order valence-electron chi connectivity index (χ3n) is 2.62. The van der Waals surface area contributed by atoms with Crippen molar-refractivity contribution in [3.63, 3.8) is 0 Å². The zero-order valence-electron chi connectivity index (χ0n) is 10.8. The Kier molecular flexibility index (Phi) is 4.90. The number of carbonyl (C=O) groups is 1. The van der Waals surface area contributed by atoms with Gasteiger partial charge in [-0.1, -0.05) is 18.2 Å². The maximum absolute atomic E-state index is 10.9. The van der Waals surface area contributed by atoms with Crippen LogP contribution in [0.5, 0.6) is 5.75 Å². The second-order valence-electron chi connectivity index (χ2n) is 4.06. The Hall–Kier alpha value is -2.14. The molecule has 20 heavy (non-hydrogen) atoms. The van der Waals surface area contributed by atoms with E-state index in [1.165, 1.54) is 11.0 Å². The first-order chi connectivity index (χ1) is 9.66. The average molecular weight is 289 g/mol. The molecule has 0 saturated carbocycles. The molecule has 0 spiro atoms. The van der Waals surface area contributed by atoms with E-state index in [2.05, 4.69) is 0 Å². The Bertz CT molecular complexity index is 587. The number of nitrogens with two attached hydrogens (primary N) is 1. The molecule has 0 amide bonds. The molecule has 0 aliphatic rings. The van der Waals surface area contributed by atoms with Crippen molar-refractivity contribution in [2.75, 3.05) is 18.1 Å². The molecule has 0 heterocycles. The largest absolute Gasteiger partial charge is 0.493 e. The number of anilines is 1. The Morgan fingerprint density at radius 3 is 2.65 bits per heavy atom. The van der Waals surface area contributed by atoms with E-state index in [1.54, 1.807) is 23.9 Å². The lowest BCUT2D eigenvalue weighted by Gasteiger charge is -2.08. The lowest BCUT2D eigenvalue weighted by molar-refractivity contribution is 0.0697. The number of thioether (sulfide) groups is 1. The third-order valence-corrected chi connectivity index (χ3v) is 3.60. The molecule has 5 heteroatoms. The number of carboxylic acid groups (broad SMARTS) is 1. The minimum Gasteiger partial charge on any atom is -0.493 e. The Morgan fingerprint density at radius 2 is 1.95 bits per heavy atom. The highest BCUT2D eigenvalue weighted by Gasteiger charge is 2.09. The van der Waals surface area contributed by atoms with Gasteiger partial charge >= 0.3 is 5.97 Å². The van der Waals surface area contributed by atoms with Gasteiger partial charge in [-0.05, 0) is 30.3 Å². The molecule has 0 aliphatic heterocycles. The predicted molar refractivity (Wildman–Crippen MR) is 80.5 cm³/mol. The summed E-state index contributed by atoms with van der Waals surface area (Å²) in [6.07, 6.45) is 0. The Balaban J connectivity index is 1.85. The third kappa shape index (κ3) is 3.93. The molecule has 4 nitrogen and oxygen atoms in total. The van der Waals surface area contributed by atoms with Crippen LogP contribution in [0.4, 0.5) is 5.69 Å². The molecular weight excluding hydrogens is 274 g/mol. The van der Waals surface area contributed by atoms with Crippen LogP contribution in [-0.2, 0) is 0 Å². The number of hydrogen-bond acceptors (Lipinski definition) is 4. The number of hydrogen-bond donors (Lipinski definition) is 2. The van der Waals surface area contributed by atoms with Gasteiger partial charge in [0.1, 0.15) is 5.75 Å². The van der Waals surface area contributed by atoms with Gasteiger partial charge in [0.05, 0.1) is 12.2 Å². The molecular formula is C15H15NO3S. The summed E-state index contributed by atoms with van der Waals surface area (Å²) in [5.41, 5.74) is 5.89. The lowest BCUT2D eigenvalue weighted by atomic mass is 10.2. The van der Waals surface area contributed by atoms with E-state index in [4.69, 9.17) is 15.6 Å². The topological polar surface area (TPSA) is 72.5 Å². The Labute approximate surface area is 121 Å². The summed E-state index contributed by atoms with van der Waals surface area (Å²) in [6.45, 7) is 0.503. The van der Waals surface area contributed by atoms with Crippen LogP contribution in [0, 0.1) is 0 Å². The minimum absolute atomic E-state index is 0.0678. The average Bonchev–Trinajstić information content (AvgIpc) is 2.46. The van der Waals surface area contributed by atoms with E-state index in [-0.39, 0.29) is 11.3 Å². The quantitative estimate of drug-likeness (QED) is 0.485. The fourth-order valence-corrected chi connectivity index (χ4v) is 2.40. The second kappa shape index (κ2) is 6.86. The van der Waals surface area contributed by atoms with E-state index in [0.717, 1.165) is 5.75 Å². The van der Waals surface area contributed by atoms with E-state index >= 15 is 0 Å². The second-order valence-corrected chi connectivity index (χ2v) is 5.23. The number of aromatic carboxylic acids is 1. The van der Waals surface area contributed by atoms with E-state index in [1.807, 2.05) is 30.3 Å². The van der Waals surface area contributed by atoms with Crippen LogP contribution >= 0.6 is 11.8 Å². The van der Waals surface area contributed by atoms with Gasteiger partial charge in [-0.3, -0.25) is 0 Å². The summed E-state index contributed by atoms with van der Waals surface area (Å²) in [5, 5.41) is 8.97. The first-order valence-corrected chi connectivity index (χ1v) is 7.09. The lowest BCUT2D eigenvalue weighted by Crippen LogP contribution is -2.05. The summed E-state index contributed by atoms with van der Waals surface area (Å²) >= 11 is 1.69. The van der Waals surface area contributed by atoms with Crippen LogP contribution in [0.1, 0.15) is 10.4 Å². The fourth-order valence-electron chi connectivity index (χ4n) is 1.65. The highest BCUT2D eigenvalue weighted by atomic mass is 32.2. The van der Waals surface area contributed by atoms with Crippen LogP contribution in [0.2, 0.25) is 0 Å². The molecule has 0 atom stereocenters. The normalized spacial score (nSPS) is 10.2. The Morgan fingerprint density at radius 1 is 1.20 bits per heavy atom. The molecule has 104 valence electrons. The highest BCUT2D eigenvalue weighted by Crippen LogP contribution is 2.21. The molecule has 2 rings (SSSR count). The van der Waals surface area contributed by atoms with Gasteiger partial charge in [0.25, 0.3) is 0 Å². The highest BCUT2D eigenvalue weighted by molar-refractivity contribution is 7.99. The number of benzene rings is 2. The van der Waals surface area contributed by atoms with Crippen molar-refractivity contribution in [3.05, 3.63) is 54.1 Å². The summed E-state index contributed by atoms with van der Waals surface area (Å²) in [7, 11) is 0. The first-order valence-electron chi connectivity index (χ1n) is 6.10. The van der Waals surface area contributed by atoms with E-state index in [9.17, 15) is 4.79 Å². The molecule has 0 unspecified atom stereocenters. The van der Waals surface area contributed by atoms with Gasteiger partial charge in [0.2, 0.25) is 0 Å². The molecule has 2 aromatic carbocycles. The molecule has 0 saturated heterocycles. The van der Waals surface area contributed by atoms with Gasteiger partial charge in [0, 0.05) is 16.3 Å². The summed E-state index contributed by atoms with van der Waals surface area (Å²) in [4.78, 5) is 12.1. The zero-order chi connectivity index (χ0) is 14.4. The van der Waals surface area contributed by atoms with Crippen LogP contribution in [-0.4, -0.2) is 23.4 Å². The molecule has 0 aliphatic carbocycles. The number of nitrogen functional groups attached to an aromatic ring is 1. The van der Waals surface area contributed by atoms with Crippen molar-refractivity contribution >= 4 is 23.4 Å². The smallest absolute Gasteiger partial charge is 0.337 e. The minimum atomic E-state index is -1.05. The molecule has 2 aromatic rings. The first kappa shape index (κ1) is 14.3. The maximum atomic E-state index is 10.9. The van der Waals surface area contributed by atoms with E-state index in [0.29, 0.717) is 12.4 Å². The van der Waals surface area contributed by atoms with Crippen molar-refractivity contribution in [1.82, 2.24) is 0 Å². The summed E-state index contributed by atoms with van der Waals surface area (Å²) < 4.78 is 5.53. The number of rotatable bonds is 6. The van der Waals surface area contributed by atoms with Crippen molar-refractivity contribution in [3.8, 4) is 5.75 Å². The SMILES string of the molecule is Nc1ccc(OCCSc2ccccc2)cc1C(=O)O. The van der Waals surface area contributed by atoms with Crippen LogP contribution < -0.4 is 10.5 Å². The predicted octanol–water partition coefficient (Wildman–Crippen LogP) is 3.14. The monoisotopic (exact) mass is 289 g/mol. The van der Waals surface area contributed by atoms with E-state index < -0.39 is 5.97 Å². The maximum Gasteiger partial charge on any atom is 0.337 e. The van der Waals surface area contributed by atoms with Crippen molar-refractivity contribution < 1.29 is 14.6 Å². The van der Waals surface area contributed by atoms with Crippen LogP contribution in [0.15, 0.2) is 53.4 Å². The van der Waals surface area contributed by atoms with Gasteiger partial charge in [0.15, 0.2) is 0 Å². The molecule has 0 bridgehead atoms. The molecule has 0 radical (unpaired) electrons. The van der Waals surface area contributed by atoms with Gasteiger partial charge in [-0.2, -0.15) is 0 Å². The standard InChI is InChI=1S/C15H15NO3S/c16-14-7-6-11(10-13(14)15(17)18)19-8-9-20-12-4-2-1-3-5-12/h1-7,10H,8-9,16H2,(H,17,18). The van der Waals surface area contributed by atoms with Crippen LogP contribution in [0.25, 0.3) is 0 Å². The molecule has 3 N–H and O–H groups in total. The zero-order valence-corrected chi connectivity index (χ0v) is 11.6. The van der Waals surface area contributed by atoms with Crippen molar-refractivity contribution in [2.45, 2.75) is 4.90 Å². The van der Waals surface area contributed by atoms with Crippen molar-refractivity contribution in [1.29, 1.82) is 0 Å². The van der Waals surface area contributed by atoms with Gasteiger partial charge in [-0.15, -0.1) is 11.8 Å². The number of ether oxygens (including phenoxy) is 1. The van der Waals surface area contributed by atoms with Gasteiger partial charge in [-0.25, -0.2) is 4.79 Å². The summed E-state index contributed by atoms with van der Waals surface area (Å²) in [5.74, 6) is 0.258. The van der Waals surface area contributed by atoms with Crippen LogP contribution in [0.3, 0.4) is 0 Å². The fraction of sp³-hybridized carbons (Fsp3) is 0.133. The molecule has 0 aromatic heterocycles. The number of carboxylic acids is 1.